The summed E-state index contributed by atoms with van der Waals surface area (Å²) in [6.45, 7) is 0.699. The number of rotatable bonds is 5. The summed E-state index contributed by atoms with van der Waals surface area (Å²) in [4.78, 5) is 0. The molecule has 1 N–H and O–H groups in total. The molecule has 90 valence electrons. The van der Waals surface area contributed by atoms with Gasteiger partial charge >= 0.3 is 0 Å². The molecule has 0 aliphatic heterocycles. The second kappa shape index (κ2) is 6.58. The summed E-state index contributed by atoms with van der Waals surface area (Å²) in [5, 5.41) is 12.1. The molecule has 0 saturated heterocycles. The van der Waals surface area contributed by atoms with E-state index in [1.54, 1.807) is 0 Å². The van der Waals surface area contributed by atoms with E-state index in [-0.39, 0.29) is 6.04 Å². The van der Waals surface area contributed by atoms with Crippen molar-refractivity contribution >= 4 is 0 Å². The number of nitrogens with zero attached hydrogens (tertiary/aromatic N) is 1. The zero-order chi connectivity index (χ0) is 12.6. The van der Waals surface area contributed by atoms with E-state index in [9.17, 15) is 0 Å². The van der Waals surface area contributed by atoms with Crippen LogP contribution in [0.3, 0.4) is 0 Å². The quantitative estimate of drug-likeness (QED) is 0.809. The Bertz CT molecular complexity index is 460. The molecule has 0 aliphatic carbocycles. The highest BCUT2D eigenvalue weighted by Gasteiger charge is 2.11. The summed E-state index contributed by atoms with van der Waals surface area (Å²) in [5.74, 6) is 0. The van der Waals surface area contributed by atoms with Crippen molar-refractivity contribution in [2.75, 3.05) is 6.54 Å². The van der Waals surface area contributed by atoms with E-state index in [0.717, 1.165) is 0 Å². The van der Waals surface area contributed by atoms with Gasteiger partial charge in [-0.25, -0.2) is 0 Å². The Morgan fingerprint density at radius 1 is 0.889 bits per heavy atom. The van der Waals surface area contributed by atoms with Crippen molar-refractivity contribution in [2.24, 2.45) is 0 Å². The van der Waals surface area contributed by atoms with Crippen molar-refractivity contribution in [3.05, 3.63) is 71.8 Å². The Hall–Kier alpha value is -2.11. The molecule has 0 saturated carbocycles. The average Bonchev–Trinajstić information content (AvgIpc) is 2.46. The number of benzene rings is 2. The maximum Gasteiger partial charge on any atom is 0.0635 e. The molecular weight excluding hydrogens is 220 g/mol. The summed E-state index contributed by atoms with van der Waals surface area (Å²) < 4.78 is 0. The molecule has 2 nitrogen and oxygen atoms in total. The molecule has 0 amide bonds. The third kappa shape index (κ3) is 3.19. The van der Waals surface area contributed by atoms with Crippen LogP contribution < -0.4 is 5.32 Å². The van der Waals surface area contributed by atoms with Crippen LogP contribution in [0.1, 0.15) is 23.6 Å². The lowest BCUT2D eigenvalue weighted by Gasteiger charge is -2.19. The van der Waals surface area contributed by atoms with Crippen LogP contribution in [-0.4, -0.2) is 6.54 Å². The van der Waals surface area contributed by atoms with E-state index in [1.807, 2.05) is 36.4 Å². The second-order valence-corrected chi connectivity index (χ2v) is 4.12. The van der Waals surface area contributed by atoms with Gasteiger partial charge in [0.05, 0.1) is 12.1 Å². The lowest BCUT2D eigenvalue weighted by Crippen LogP contribution is -2.23. The van der Waals surface area contributed by atoms with Crippen LogP contribution in [0.4, 0.5) is 0 Å². The van der Waals surface area contributed by atoms with Crippen LogP contribution in [-0.2, 0) is 0 Å². The zero-order valence-electron chi connectivity index (χ0n) is 10.2. The molecule has 2 rings (SSSR count). The highest BCUT2D eigenvalue weighted by Crippen LogP contribution is 2.21. The van der Waals surface area contributed by atoms with Crippen molar-refractivity contribution in [3.8, 4) is 6.07 Å². The summed E-state index contributed by atoms with van der Waals surface area (Å²) >= 11 is 0. The predicted molar refractivity (Wildman–Crippen MR) is 73.0 cm³/mol. The summed E-state index contributed by atoms with van der Waals surface area (Å²) in [6.07, 6.45) is 0.524. The molecule has 0 unspecified atom stereocenters. The minimum atomic E-state index is 0.153. The molecule has 2 aromatic rings. The molecule has 18 heavy (non-hydrogen) atoms. The maximum atomic E-state index is 8.63. The van der Waals surface area contributed by atoms with E-state index in [4.69, 9.17) is 5.26 Å². The van der Waals surface area contributed by atoms with Crippen molar-refractivity contribution in [3.63, 3.8) is 0 Å². The highest BCUT2D eigenvalue weighted by atomic mass is 14.9. The summed E-state index contributed by atoms with van der Waals surface area (Å²) in [5.41, 5.74) is 2.45. The topological polar surface area (TPSA) is 35.8 Å². The first kappa shape index (κ1) is 12.3. The van der Waals surface area contributed by atoms with Crippen LogP contribution in [0.25, 0.3) is 0 Å². The molecular formula is C16H16N2. The molecule has 0 fully saturated rings. The molecule has 0 aromatic heterocycles. The number of hydrogen-bond donors (Lipinski definition) is 1. The van der Waals surface area contributed by atoms with Gasteiger partial charge in [-0.1, -0.05) is 60.7 Å². The van der Waals surface area contributed by atoms with Gasteiger partial charge in [-0.15, -0.1) is 0 Å². The Labute approximate surface area is 108 Å². The van der Waals surface area contributed by atoms with Crippen LogP contribution in [0, 0.1) is 11.3 Å². The zero-order valence-corrected chi connectivity index (χ0v) is 10.2. The van der Waals surface area contributed by atoms with Gasteiger partial charge < -0.3 is 5.32 Å². The fourth-order valence-electron chi connectivity index (χ4n) is 1.99. The molecule has 0 heterocycles. The monoisotopic (exact) mass is 236 g/mol. The van der Waals surface area contributed by atoms with Crippen LogP contribution in [0.15, 0.2) is 60.7 Å². The number of hydrogen-bond acceptors (Lipinski definition) is 2. The van der Waals surface area contributed by atoms with Gasteiger partial charge in [-0.2, -0.15) is 5.26 Å². The Morgan fingerprint density at radius 3 is 1.83 bits per heavy atom. The summed E-state index contributed by atoms with van der Waals surface area (Å²) in [7, 11) is 0. The van der Waals surface area contributed by atoms with Crippen LogP contribution in [0.2, 0.25) is 0 Å². The molecule has 0 atom stereocenters. The molecule has 0 aliphatic rings. The smallest absolute Gasteiger partial charge is 0.0635 e. The fourth-order valence-corrected chi connectivity index (χ4v) is 1.99. The number of nitriles is 1. The first-order valence-corrected chi connectivity index (χ1v) is 6.12. The minimum Gasteiger partial charge on any atom is -0.305 e. The standard InChI is InChI=1S/C16H16N2/c17-12-7-13-18-16(14-8-3-1-4-9-14)15-10-5-2-6-11-15/h1-6,8-11,16,18H,7,13H2. The molecule has 2 heteroatoms. The third-order valence-corrected chi connectivity index (χ3v) is 2.85. The van der Waals surface area contributed by atoms with Crippen molar-refractivity contribution in [2.45, 2.75) is 12.5 Å². The van der Waals surface area contributed by atoms with E-state index in [2.05, 4.69) is 35.7 Å². The minimum absolute atomic E-state index is 0.153. The Balaban J connectivity index is 2.21. The highest BCUT2D eigenvalue weighted by molar-refractivity contribution is 5.31. The fraction of sp³-hybridized carbons (Fsp3) is 0.188. The van der Waals surface area contributed by atoms with Gasteiger partial charge in [0.2, 0.25) is 0 Å². The van der Waals surface area contributed by atoms with E-state index >= 15 is 0 Å². The van der Waals surface area contributed by atoms with Gasteiger partial charge in [0, 0.05) is 13.0 Å². The number of nitrogens with one attached hydrogen (secondary N) is 1. The predicted octanol–water partition coefficient (Wildman–Crippen LogP) is 3.28. The maximum absolute atomic E-state index is 8.63. The summed E-state index contributed by atoms with van der Waals surface area (Å²) in [6, 6.07) is 22.9. The van der Waals surface area contributed by atoms with Crippen LogP contribution >= 0.6 is 0 Å². The van der Waals surface area contributed by atoms with E-state index in [1.165, 1.54) is 11.1 Å². The van der Waals surface area contributed by atoms with Gasteiger partial charge in [0.25, 0.3) is 0 Å². The first-order chi connectivity index (χ1) is 8.92. The average molecular weight is 236 g/mol. The molecule has 2 aromatic carbocycles. The lowest BCUT2D eigenvalue weighted by atomic mass is 9.99. The lowest BCUT2D eigenvalue weighted by molar-refractivity contribution is 0.613. The normalized spacial score (nSPS) is 10.2. The molecule has 0 radical (unpaired) electrons. The third-order valence-electron chi connectivity index (χ3n) is 2.85. The van der Waals surface area contributed by atoms with E-state index in [0.29, 0.717) is 13.0 Å². The van der Waals surface area contributed by atoms with Crippen molar-refractivity contribution < 1.29 is 0 Å². The SMILES string of the molecule is N#CCCNC(c1ccccc1)c1ccccc1. The van der Waals surface area contributed by atoms with Gasteiger partial charge in [0.15, 0.2) is 0 Å². The Morgan fingerprint density at radius 2 is 1.39 bits per heavy atom. The largest absolute Gasteiger partial charge is 0.305 e. The first-order valence-electron chi connectivity index (χ1n) is 6.12. The van der Waals surface area contributed by atoms with Gasteiger partial charge in [0.1, 0.15) is 0 Å². The van der Waals surface area contributed by atoms with E-state index < -0.39 is 0 Å². The van der Waals surface area contributed by atoms with Gasteiger partial charge in [-0.3, -0.25) is 0 Å². The van der Waals surface area contributed by atoms with Crippen LogP contribution in [0.5, 0.6) is 0 Å². The Kier molecular flexibility index (Phi) is 4.52. The van der Waals surface area contributed by atoms with Crippen molar-refractivity contribution in [1.29, 1.82) is 5.26 Å². The second-order valence-electron chi connectivity index (χ2n) is 4.12. The van der Waals surface area contributed by atoms with Gasteiger partial charge in [-0.05, 0) is 11.1 Å². The molecule has 0 spiro atoms. The molecule has 0 bridgehead atoms. The van der Waals surface area contributed by atoms with Crippen molar-refractivity contribution in [1.82, 2.24) is 5.32 Å².